The van der Waals surface area contributed by atoms with Crippen LogP contribution in [0.2, 0.25) is 19.6 Å². The standard InChI is InChI=1S/C22H19N2O.C19H26NSi.Ir/c1-2-6-15(5-1)11-16-9-10-24-20(12-16)19-14-23-13-18-17-7-3-4-8-21(17)25-22(18)19;1-19(2,3)13-16-12-17(15-10-8-7-9-11-15)20-14-18(16)21(4,5)6;/h3-4,7-10,12-13,15H,1-2,5-6,11H2;7-10,12,14H,13H2,1-6H3;/q2*-1;. The number of hydrogen-bond acceptors (Lipinski definition) is 4. The van der Waals surface area contributed by atoms with Gasteiger partial charge in [-0.25, -0.2) is 0 Å². The summed E-state index contributed by atoms with van der Waals surface area (Å²) < 4.78 is 6.10. The minimum Gasteiger partial charge on any atom is -0.500 e. The van der Waals surface area contributed by atoms with Gasteiger partial charge in [-0.15, -0.1) is 35.9 Å². The van der Waals surface area contributed by atoms with Crippen molar-refractivity contribution in [3.05, 3.63) is 109 Å². The third kappa shape index (κ3) is 8.54. The van der Waals surface area contributed by atoms with Crippen LogP contribution < -0.4 is 5.19 Å². The first-order chi connectivity index (χ1) is 22.0. The van der Waals surface area contributed by atoms with Crippen molar-refractivity contribution in [3.8, 4) is 22.5 Å². The summed E-state index contributed by atoms with van der Waals surface area (Å²) in [5, 5.41) is 3.59. The van der Waals surface area contributed by atoms with E-state index in [-0.39, 0.29) is 25.5 Å². The molecule has 0 N–H and O–H groups in total. The molecule has 0 aliphatic heterocycles. The molecule has 4 nitrogen and oxygen atoms in total. The number of nitrogens with zero attached hydrogens (tertiary/aromatic N) is 3. The number of rotatable bonds is 6. The van der Waals surface area contributed by atoms with E-state index in [0.717, 1.165) is 63.2 Å². The van der Waals surface area contributed by atoms with Crippen molar-refractivity contribution in [3.63, 3.8) is 0 Å². The minimum atomic E-state index is -1.37. The van der Waals surface area contributed by atoms with Crippen molar-refractivity contribution in [2.45, 2.75) is 78.9 Å². The van der Waals surface area contributed by atoms with E-state index in [2.05, 4.69) is 99.2 Å². The summed E-state index contributed by atoms with van der Waals surface area (Å²) >= 11 is 0. The predicted molar refractivity (Wildman–Crippen MR) is 194 cm³/mol. The maximum Gasteiger partial charge on any atom is 0.121 e. The summed E-state index contributed by atoms with van der Waals surface area (Å²) in [5.74, 6) is 0.819. The van der Waals surface area contributed by atoms with Crippen LogP contribution >= 0.6 is 0 Å². The molecule has 245 valence electrons. The average Bonchev–Trinajstić information content (AvgIpc) is 3.68. The van der Waals surface area contributed by atoms with Gasteiger partial charge in [-0.2, -0.15) is 0 Å². The molecule has 1 saturated carbocycles. The average molecular weight is 816 g/mol. The molecule has 1 aliphatic carbocycles. The van der Waals surface area contributed by atoms with E-state index in [9.17, 15) is 0 Å². The van der Waals surface area contributed by atoms with Gasteiger partial charge in [0.25, 0.3) is 0 Å². The Morgan fingerprint density at radius 1 is 0.872 bits per heavy atom. The van der Waals surface area contributed by atoms with E-state index < -0.39 is 8.07 Å². The molecule has 2 aromatic carbocycles. The van der Waals surface area contributed by atoms with Crippen molar-refractivity contribution >= 4 is 35.2 Å². The van der Waals surface area contributed by atoms with E-state index >= 15 is 0 Å². The fraction of sp³-hybridized carbons (Fsp3) is 0.341. The molecular formula is C41H45IrN3OSi-2. The molecule has 7 rings (SSSR count). The van der Waals surface area contributed by atoms with Crippen molar-refractivity contribution < 1.29 is 24.5 Å². The maximum atomic E-state index is 6.10. The van der Waals surface area contributed by atoms with Gasteiger partial charge in [0.2, 0.25) is 0 Å². The van der Waals surface area contributed by atoms with Crippen molar-refractivity contribution in [1.29, 1.82) is 0 Å². The Labute approximate surface area is 294 Å². The Morgan fingerprint density at radius 2 is 1.64 bits per heavy atom. The summed E-state index contributed by atoms with van der Waals surface area (Å²) in [6, 6.07) is 26.0. The zero-order valence-corrected chi connectivity index (χ0v) is 31.9. The van der Waals surface area contributed by atoms with Crippen molar-refractivity contribution in [2.24, 2.45) is 11.3 Å². The van der Waals surface area contributed by atoms with E-state index in [0.29, 0.717) is 0 Å². The van der Waals surface area contributed by atoms with Crippen molar-refractivity contribution in [2.75, 3.05) is 0 Å². The van der Waals surface area contributed by atoms with Crippen LogP contribution in [0.25, 0.3) is 44.5 Å². The topological polar surface area (TPSA) is 51.8 Å². The van der Waals surface area contributed by atoms with Gasteiger partial charge in [-0.3, -0.25) is 0 Å². The van der Waals surface area contributed by atoms with Crippen LogP contribution in [0, 0.1) is 23.6 Å². The quantitative estimate of drug-likeness (QED) is 0.124. The summed E-state index contributed by atoms with van der Waals surface area (Å²) in [5.41, 5.74) is 8.65. The molecule has 0 unspecified atom stereocenters. The summed E-state index contributed by atoms with van der Waals surface area (Å²) in [4.78, 5) is 13.6. The molecule has 0 saturated heterocycles. The fourth-order valence-electron chi connectivity index (χ4n) is 6.64. The molecule has 0 bridgehead atoms. The van der Waals surface area contributed by atoms with Gasteiger partial charge in [-0.1, -0.05) is 113 Å². The van der Waals surface area contributed by atoms with Crippen molar-refractivity contribution in [1.82, 2.24) is 15.0 Å². The van der Waals surface area contributed by atoms with E-state index in [4.69, 9.17) is 9.40 Å². The van der Waals surface area contributed by atoms with Crippen LogP contribution in [-0.4, -0.2) is 23.0 Å². The van der Waals surface area contributed by atoms with Gasteiger partial charge in [0, 0.05) is 37.9 Å². The molecule has 6 heteroatoms. The van der Waals surface area contributed by atoms with E-state index in [1.165, 1.54) is 42.0 Å². The number of aromatic nitrogens is 3. The molecule has 4 heterocycles. The third-order valence-corrected chi connectivity index (χ3v) is 10.9. The smallest absolute Gasteiger partial charge is 0.121 e. The molecule has 47 heavy (non-hydrogen) atoms. The van der Waals surface area contributed by atoms with Crippen LogP contribution in [-0.2, 0) is 32.9 Å². The Bertz CT molecular complexity index is 1930. The number of furan rings is 1. The molecule has 1 radical (unpaired) electrons. The third-order valence-electron chi connectivity index (χ3n) is 8.81. The van der Waals surface area contributed by atoms with Crippen LogP contribution in [0.1, 0.15) is 57.6 Å². The SMILES string of the molecule is CC(C)(C)Cc1cc(-c2[c-]cccc2)ncc1[Si](C)(C)C.[Ir].[c-]1ncc2c(oc3ccccc32)c1-c1cc(CC2CCCC2)ccn1. The van der Waals surface area contributed by atoms with Crippen LogP contribution in [0.4, 0.5) is 0 Å². The molecule has 0 spiro atoms. The predicted octanol–water partition coefficient (Wildman–Crippen LogP) is 10.3. The van der Waals surface area contributed by atoms with E-state index in [1.54, 1.807) is 0 Å². The molecule has 6 aromatic rings. The van der Waals surface area contributed by atoms with Crippen LogP contribution in [0.3, 0.4) is 0 Å². The second-order valence-electron chi connectivity index (χ2n) is 15.0. The molecule has 0 amide bonds. The minimum absolute atomic E-state index is 0. The number of hydrogen-bond donors (Lipinski definition) is 0. The summed E-state index contributed by atoms with van der Waals surface area (Å²) in [6.07, 6.45) is 16.6. The largest absolute Gasteiger partial charge is 0.500 e. The van der Waals surface area contributed by atoms with Gasteiger partial charge < -0.3 is 19.4 Å². The van der Waals surface area contributed by atoms with Gasteiger partial charge in [0.15, 0.2) is 0 Å². The fourth-order valence-corrected chi connectivity index (χ4v) is 8.22. The van der Waals surface area contributed by atoms with Gasteiger partial charge in [0.1, 0.15) is 5.58 Å². The molecule has 1 fully saturated rings. The van der Waals surface area contributed by atoms with Crippen LogP contribution in [0.5, 0.6) is 0 Å². The monoisotopic (exact) mass is 816 g/mol. The van der Waals surface area contributed by atoms with Gasteiger partial charge >= 0.3 is 0 Å². The number of fused-ring (bicyclic) bond motifs is 3. The summed E-state index contributed by atoms with van der Waals surface area (Å²) in [6.45, 7) is 14.1. The zero-order chi connectivity index (χ0) is 32.3. The number of pyridine rings is 3. The summed E-state index contributed by atoms with van der Waals surface area (Å²) in [7, 11) is -1.37. The first kappa shape index (κ1) is 34.9. The Morgan fingerprint density at radius 3 is 2.36 bits per heavy atom. The normalized spacial score (nSPS) is 13.7. The van der Waals surface area contributed by atoms with E-state index in [1.807, 2.05) is 48.8 Å². The van der Waals surface area contributed by atoms with Gasteiger partial charge in [-0.05, 0) is 70.7 Å². The number of benzene rings is 2. The van der Waals surface area contributed by atoms with Gasteiger partial charge in [0.05, 0.1) is 13.7 Å². The Hall–Kier alpha value is -3.44. The second-order valence-corrected chi connectivity index (χ2v) is 20.0. The first-order valence-corrected chi connectivity index (χ1v) is 20.1. The molecule has 4 aromatic heterocycles. The zero-order valence-electron chi connectivity index (χ0n) is 28.5. The second kappa shape index (κ2) is 14.8. The Balaban J connectivity index is 0.000000184. The maximum absolute atomic E-state index is 6.10. The molecular weight excluding hydrogens is 771 g/mol. The Kier molecular flexibility index (Phi) is 11.0. The molecule has 1 aliphatic rings. The first-order valence-electron chi connectivity index (χ1n) is 16.6. The molecule has 0 atom stereocenters. The number of para-hydroxylation sites is 1. The van der Waals surface area contributed by atoms with Crippen LogP contribution in [0.15, 0.2) is 89.7 Å².